The first kappa shape index (κ1) is 31.5. The highest BCUT2D eigenvalue weighted by atomic mass is 16.5. The minimum Gasteiger partial charge on any atom is -0.495 e. The molecule has 0 radical (unpaired) electrons. The first-order chi connectivity index (χ1) is 19.9. The number of hydrogen-bond donors (Lipinski definition) is 4. The molecule has 3 rings (SSSR count). The largest absolute Gasteiger partial charge is 0.495 e. The van der Waals surface area contributed by atoms with Crippen LogP contribution in [-0.4, -0.2) is 91.9 Å². The minimum atomic E-state index is -0.116. The van der Waals surface area contributed by atoms with Crippen molar-refractivity contribution in [2.45, 2.75) is 27.7 Å². The van der Waals surface area contributed by atoms with Crippen LogP contribution in [-0.2, 0) is 0 Å². The van der Waals surface area contributed by atoms with Crippen molar-refractivity contribution in [1.29, 1.82) is 0 Å². The summed E-state index contributed by atoms with van der Waals surface area (Å²) < 4.78 is 11.2. The number of ether oxygens (including phenoxy) is 2. The molecule has 0 saturated carbocycles. The third-order valence-corrected chi connectivity index (χ3v) is 6.72. The van der Waals surface area contributed by atoms with Gasteiger partial charge in [0.15, 0.2) is 0 Å². The summed E-state index contributed by atoms with van der Waals surface area (Å²) in [7, 11) is 3.32. The molecule has 0 spiro atoms. The molecule has 0 aliphatic carbocycles. The quantitative estimate of drug-likeness (QED) is 0.189. The second-order valence-corrected chi connectivity index (χ2v) is 9.08. The van der Waals surface area contributed by atoms with E-state index in [-0.39, 0.29) is 26.3 Å². The topological polar surface area (TPSA) is 131 Å². The number of rotatable bonds is 17. The minimum absolute atomic E-state index is 0.116. The number of anilines is 7. The number of nitrogens with one attached hydrogen (secondary N) is 2. The van der Waals surface area contributed by atoms with Gasteiger partial charge in [-0.2, -0.15) is 15.0 Å². The van der Waals surface area contributed by atoms with Crippen LogP contribution in [0.4, 0.5) is 40.6 Å². The van der Waals surface area contributed by atoms with Crippen LogP contribution in [0.15, 0.2) is 36.4 Å². The van der Waals surface area contributed by atoms with Crippen LogP contribution in [0.2, 0.25) is 0 Å². The molecule has 0 bridgehead atoms. The lowest BCUT2D eigenvalue weighted by Crippen LogP contribution is -2.31. The number of hydrogen-bond acceptors (Lipinski definition) is 12. The van der Waals surface area contributed by atoms with Gasteiger partial charge in [-0.3, -0.25) is 0 Å². The van der Waals surface area contributed by atoms with Crippen molar-refractivity contribution in [3.63, 3.8) is 0 Å². The summed E-state index contributed by atoms with van der Waals surface area (Å²) >= 11 is 0. The monoisotopic (exact) mass is 568 g/mol. The van der Waals surface area contributed by atoms with Crippen molar-refractivity contribution < 1.29 is 19.7 Å². The number of nitrogens with zero attached hydrogens (tertiary/aromatic N) is 6. The SMILES string of the molecule is CCN(CC)c1cc(Nc2nc(Nc3ccc(OC)c(N(CC)CC)c3)nc(N(CCO)CCO)n2)ccc1OC. The van der Waals surface area contributed by atoms with Gasteiger partial charge in [0.25, 0.3) is 0 Å². The second-order valence-electron chi connectivity index (χ2n) is 9.08. The fourth-order valence-electron chi connectivity index (χ4n) is 4.59. The van der Waals surface area contributed by atoms with Crippen molar-refractivity contribution in [2.75, 3.05) is 92.0 Å². The Labute approximate surface area is 243 Å². The number of methoxy groups -OCH3 is 2. The summed E-state index contributed by atoms with van der Waals surface area (Å²) in [5.74, 6) is 2.50. The van der Waals surface area contributed by atoms with E-state index in [2.05, 4.69) is 63.1 Å². The Morgan fingerprint density at radius 1 is 0.634 bits per heavy atom. The Kier molecular flexibility index (Phi) is 12.0. The zero-order chi connectivity index (χ0) is 29.8. The molecule has 1 heterocycles. The fraction of sp³-hybridized carbons (Fsp3) is 0.483. The Morgan fingerprint density at radius 3 is 1.39 bits per heavy atom. The molecule has 0 aliphatic heterocycles. The van der Waals surface area contributed by atoms with E-state index in [0.717, 1.165) is 60.4 Å². The van der Waals surface area contributed by atoms with Gasteiger partial charge in [0, 0.05) is 50.6 Å². The number of aromatic nitrogens is 3. The van der Waals surface area contributed by atoms with Crippen molar-refractivity contribution >= 4 is 40.6 Å². The van der Waals surface area contributed by atoms with Crippen molar-refractivity contribution in [3.05, 3.63) is 36.4 Å². The van der Waals surface area contributed by atoms with Crippen LogP contribution in [0.5, 0.6) is 11.5 Å². The van der Waals surface area contributed by atoms with Gasteiger partial charge in [-0.05, 0) is 64.1 Å². The predicted octanol–water partition coefficient (Wildman–Crippen LogP) is 3.86. The van der Waals surface area contributed by atoms with Gasteiger partial charge in [0.1, 0.15) is 11.5 Å². The van der Waals surface area contributed by atoms with Gasteiger partial charge in [-0.25, -0.2) is 0 Å². The highest BCUT2D eigenvalue weighted by Crippen LogP contribution is 2.34. The molecule has 4 N–H and O–H groups in total. The van der Waals surface area contributed by atoms with Gasteiger partial charge >= 0.3 is 0 Å². The average molecular weight is 569 g/mol. The molecular formula is C29H44N8O4. The highest BCUT2D eigenvalue weighted by Gasteiger charge is 2.17. The van der Waals surface area contributed by atoms with Crippen LogP contribution < -0.4 is 34.8 Å². The summed E-state index contributed by atoms with van der Waals surface area (Å²) in [4.78, 5) is 20.0. The Morgan fingerprint density at radius 2 is 1.05 bits per heavy atom. The average Bonchev–Trinajstić information content (AvgIpc) is 2.98. The van der Waals surface area contributed by atoms with E-state index in [1.165, 1.54) is 0 Å². The molecule has 0 fully saturated rings. The molecule has 0 atom stereocenters. The molecule has 3 aromatic rings. The molecule has 0 unspecified atom stereocenters. The maximum atomic E-state index is 9.63. The van der Waals surface area contributed by atoms with E-state index < -0.39 is 0 Å². The number of benzene rings is 2. The Bertz CT molecular complexity index is 1150. The standard InChI is InChI=1S/C29H44N8O4/c1-7-35(8-2)23-19-21(11-13-25(23)40-5)30-27-32-28(34-29(33-27)37(15-17-38)16-18-39)31-22-12-14-26(41-6)24(20-22)36(9-3)10-4/h11-14,19-20,38-39H,7-10,15-18H2,1-6H3,(H2,30,31,32,33,34). The van der Waals surface area contributed by atoms with Crippen molar-refractivity contribution in [2.24, 2.45) is 0 Å². The molecule has 2 aromatic carbocycles. The van der Waals surface area contributed by atoms with Gasteiger partial charge < -0.3 is 45.0 Å². The lowest BCUT2D eigenvalue weighted by atomic mass is 10.2. The van der Waals surface area contributed by atoms with Crippen molar-refractivity contribution in [1.82, 2.24) is 15.0 Å². The summed E-state index contributed by atoms with van der Waals surface area (Å²) in [6, 6.07) is 11.6. The zero-order valence-electron chi connectivity index (χ0n) is 25.0. The van der Waals surface area contributed by atoms with Crippen LogP contribution in [0, 0.1) is 0 Å². The fourth-order valence-corrected chi connectivity index (χ4v) is 4.59. The molecule has 1 aromatic heterocycles. The van der Waals surface area contributed by atoms with E-state index in [0.29, 0.717) is 17.8 Å². The maximum absolute atomic E-state index is 9.63. The van der Waals surface area contributed by atoms with E-state index >= 15 is 0 Å². The summed E-state index contributed by atoms with van der Waals surface area (Å²) in [5.41, 5.74) is 3.47. The van der Waals surface area contributed by atoms with Crippen LogP contribution in [0.3, 0.4) is 0 Å². The third-order valence-electron chi connectivity index (χ3n) is 6.72. The van der Waals surface area contributed by atoms with Gasteiger partial charge in [0.05, 0.1) is 38.8 Å². The van der Waals surface area contributed by atoms with Crippen LogP contribution in [0.1, 0.15) is 27.7 Å². The molecule has 0 amide bonds. The first-order valence-electron chi connectivity index (χ1n) is 14.1. The first-order valence-corrected chi connectivity index (χ1v) is 14.1. The van der Waals surface area contributed by atoms with Gasteiger partial charge in [-0.15, -0.1) is 0 Å². The Balaban J connectivity index is 2.04. The van der Waals surface area contributed by atoms with E-state index in [1.807, 2.05) is 36.4 Å². The molecule has 224 valence electrons. The van der Waals surface area contributed by atoms with Crippen LogP contribution in [0.25, 0.3) is 0 Å². The van der Waals surface area contributed by atoms with E-state index in [1.54, 1.807) is 19.1 Å². The van der Waals surface area contributed by atoms with Gasteiger partial charge in [-0.1, -0.05) is 0 Å². The Hall–Kier alpha value is -4.03. The lowest BCUT2D eigenvalue weighted by Gasteiger charge is -2.25. The lowest BCUT2D eigenvalue weighted by molar-refractivity contribution is 0.280. The number of aliphatic hydroxyl groups is 2. The number of aliphatic hydroxyl groups excluding tert-OH is 2. The van der Waals surface area contributed by atoms with E-state index in [4.69, 9.17) is 9.47 Å². The summed E-state index contributed by atoms with van der Waals surface area (Å²) in [6.07, 6.45) is 0. The van der Waals surface area contributed by atoms with Crippen molar-refractivity contribution in [3.8, 4) is 11.5 Å². The smallest absolute Gasteiger partial charge is 0.233 e. The molecule has 12 nitrogen and oxygen atoms in total. The molecule has 12 heteroatoms. The molecule has 0 saturated heterocycles. The third kappa shape index (κ3) is 8.01. The molecule has 41 heavy (non-hydrogen) atoms. The predicted molar refractivity (Wildman–Crippen MR) is 166 cm³/mol. The zero-order valence-corrected chi connectivity index (χ0v) is 25.0. The second kappa shape index (κ2) is 15.7. The molecular weight excluding hydrogens is 524 g/mol. The van der Waals surface area contributed by atoms with Gasteiger partial charge in [0.2, 0.25) is 17.8 Å². The normalized spacial score (nSPS) is 10.7. The summed E-state index contributed by atoms with van der Waals surface area (Å²) in [5, 5.41) is 25.9. The maximum Gasteiger partial charge on any atom is 0.233 e. The highest BCUT2D eigenvalue weighted by molar-refractivity contribution is 5.71. The molecule has 0 aliphatic rings. The van der Waals surface area contributed by atoms with Crippen LogP contribution >= 0.6 is 0 Å². The van der Waals surface area contributed by atoms with E-state index in [9.17, 15) is 10.2 Å². The summed E-state index contributed by atoms with van der Waals surface area (Å²) in [6.45, 7) is 12.0.